The van der Waals surface area contributed by atoms with E-state index in [1.807, 2.05) is 30.3 Å². The van der Waals surface area contributed by atoms with Gasteiger partial charge in [-0.05, 0) is 56.2 Å². The van der Waals surface area contributed by atoms with Crippen molar-refractivity contribution < 1.29 is 22.7 Å². The van der Waals surface area contributed by atoms with Crippen LogP contribution >= 0.6 is 11.3 Å². The van der Waals surface area contributed by atoms with Gasteiger partial charge in [-0.3, -0.25) is 14.7 Å². The molecule has 3 aromatic rings. The van der Waals surface area contributed by atoms with Gasteiger partial charge in [0.25, 0.3) is 5.19 Å². The summed E-state index contributed by atoms with van der Waals surface area (Å²) in [5.41, 5.74) is 2.50. The van der Waals surface area contributed by atoms with Gasteiger partial charge in [0.15, 0.2) is 12.4 Å². The molecule has 2 aliphatic rings. The highest BCUT2D eigenvalue weighted by Gasteiger charge is 2.30. The molecule has 0 N–H and O–H groups in total. The smallest absolute Gasteiger partial charge is 0.422 e. The van der Waals surface area contributed by atoms with Gasteiger partial charge in [0, 0.05) is 41.5 Å². The predicted octanol–water partition coefficient (Wildman–Crippen LogP) is 6.46. The monoisotopic (exact) mass is 517 g/mol. The molecule has 0 spiro atoms. The quantitative estimate of drug-likeness (QED) is 0.321. The molecule has 1 aromatic carbocycles. The first-order valence-corrected chi connectivity index (χ1v) is 13.4. The van der Waals surface area contributed by atoms with Gasteiger partial charge < -0.3 is 4.74 Å². The van der Waals surface area contributed by atoms with Crippen LogP contribution < -0.4 is 4.74 Å². The molecule has 192 valence electrons. The molecular formula is C27H30F3N3O2S. The Labute approximate surface area is 212 Å². The minimum atomic E-state index is -4.35. The van der Waals surface area contributed by atoms with E-state index in [1.165, 1.54) is 11.3 Å². The number of pyridine rings is 1. The summed E-state index contributed by atoms with van der Waals surface area (Å²) < 4.78 is 42.1. The Morgan fingerprint density at radius 1 is 1.11 bits per heavy atom. The number of carbonyl (C=O) groups is 1. The number of hydrogen-bond acceptors (Lipinski definition) is 6. The molecule has 1 saturated carbocycles. The standard InChI is InChI=1S/C27H30F3N3O2S/c28-27(29,30)17-35-26-32-23-16-33(14-11-25(23)36-26)13-10-18-6-8-19(9-7-18)15-24(34)21-3-1-5-22-20(21)4-2-12-31-22/h1-5,12,18-19H,6-11,13-17H2. The van der Waals surface area contributed by atoms with Gasteiger partial charge in [-0.25, -0.2) is 4.98 Å². The van der Waals surface area contributed by atoms with Gasteiger partial charge in [0.2, 0.25) is 0 Å². The molecule has 36 heavy (non-hydrogen) atoms. The molecule has 0 bridgehead atoms. The van der Waals surface area contributed by atoms with E-state index in [2.05, 4.69) is 14.9 Å². The number of Topliss-reactive ketones (excluding diaryl/α,β-unsaturated/α-hetero) is 1. The third kappa shape index (κ3) is 6.24. The Balaban J connectivity index is 1.06. The van der Waals surface area contributed by atoms with Gasteiger partial charge >= 0.3 is 6.18 Å². The van der Waals surface area contributed by atoms with Crippen LogP contribution in [0.1, 0.15) is 59.5 Å². The summed E-state index contributed by atoms with van der Waals surface area (Å²) in [5, 5.41) is 1.05. The molecule has 1 fully saturated rings. The van der Waals surface area contributed by atoms with E-state index >= 15 is 0 Å². The summed E-state index contributed by atoms with van der Waals surface area (Å²) in [7, 11) is 0. The lowest BCUT2D eigenvalue weighted by molar-refractivity contribution is -0.153. The number of aromatic nitrogens is 2. The molecule has 0 saturated heterocycles. The number of benzene rings is 1. The zero-order valence-electron chi connectivity index (χ0n) is 20.1. The second kappa shape index (κ2) is 10.8. The Morgan fingerprint density at radius 3 is 2.72 bits per heavy atom. The minimum absolute atomic E-state index is 0.117. The Bertz CT molecular complexity index is 1200. The van der Waals surface area contributed by atoms with E-state index in [9.17, 15) is 18.0 Å². The number of ketones is 1. The van der Waals surface area contributed by atoms with Crippen molar-refractivity contribution in [3.8, 4) is 5.19 Å². The first kappa shape index (κ1) is 25.1. The average Bonchev–Trinajstić information content (AvgIpc) is 3.29. The van der Waals surface area contributed by atoms with Crippen molar-refractivity contribution in [1.29, 1.82) is 0 Å². The molecule has 1 aliphatic heterocycles. The van der Waals surface area contributed by atoms with Crippen molar-refractivity contribution >= 4 is 28.0 Å². The number of alkyl halides is 3. The number of fused-ring (bicyclic) bond motifs is 2. The Morgan fingerprint density at radius 2 is 1.92 bits per heavy atom. The summed E-state index contributed by atoms with van der Waals surface area (Å²) in [6, 6.07) is 9.61. The molecule has 0 atom stereocenters. The third-order valence-corrected chi connectivity index (χ3v) is 8.46. The van der Waals surface area contributed by atoms with Crippen LogP contribution in [0.2, 0.25) is 0 Å². The summed E-state index contributed by atoms with van der Waals surface area (Å²) >= 11 is 1.24. The zero-order chi connectivity index (χ0) is 25.1. The number of halogens is 3. The number of ether oxygens (including phenoxy) is 1. The summed E-state index contributed by atoms with van der Waals surface area (Å²) in [6.45, 7) is 1.24. The van der Waals surface area contributed by atoms with Crippen molar-refractivity contribution in [2.75, 3.05) is 19.7 Å². The molecule has 9 heteroatoms. The first-order chi connectivity index (χ1) is 17.3. The average molecular weight is 518 g/mol. The van der Waals surface area contributed by atoms with Crippen molar-refractivity contribution in [3.05, 3.63) is 52.7 Å². The summed E-state index contributed by atoms with van der Waals surface area (Å²) in [5.74, 6) is 1.30. The van der Waals surface area contributed by atoms with E-state index in [1.54, 1.807) is 6.20 Å². The summed E-state index contributed by atoms with van der Waals surface area (Å²) in [4.78, 5) is 25.1. The lowest BCUT2D eigenvalue weighted by Gasteiger charge is -2.31. The number of thiazole rings is 1. The molecule has 5 rings (SSSR count). The Hall–Kier alpha value is -2.52. The van der Waals surface area contributed by atoms with Crippen LogP contribution in [-0.4, -0.2) is 46.5 Å². The number of nitrogens with zero attached hydrogens (tertiary/aromatic N) is 3. The highest BCUT2D eigenvalue weighted by atomic mass is 32.1. The molecule has 0 unspecified atom stereocenters. The van der Waals surface area contributed by atoms with Crippen LogP contribution in [0.15, 0.2) is 36.5 Å². The molecule has 1 aliphatic carbocycles. The third-order valence-electron chi connectivity index (χ3n) is 7.39. The number of rotatable bonds is 8. The maximum Gasteiger partial charge on any atom is 0.422 e. The number of hydrogen-bond donors (Lipinski definition) is 0. The molecular weight excluding hydrogens is 487 g/mol. The fourth-order valence-corrected chi connectivity index (χ4v) is 6.34. The van der Waals surface area contributed by atoms with E-state index in [4.69, 9.17) is 4.74 Å². The lowest BCUT2D eigenvalue weighted by atomic mass is 9.78. The van der Waals surface area contributed by atoms with Gasteiger partial charge in [-0.2, -0.15) is 13.2 Å². The van der Waals surface area contributed by atoms with Crippen molar-refractivity contribution in [2.45, 2.75) is 57.7 Å². The van der Waals surface area contributed by atoms with Crippen molar-refractivity contribution in [2.24, 2.45) is 11.8 Å². The molecule has 5 nitrogen and oxygen atoms in total. The fourth-order valence-electron chi connectivity index (χ4n) is 5.43. The molecule has 3 heterocycles. The maximum atomic E-state index is 13.0. The maximum absolute atomic E-state index is 13.0. The highest BCUT2D eigenvalue weighted by molar-refractivity contribution is 7.13. The normalized spacial score (nSPS) is 20.9. The first-order valence-electron chi connectivity index (χ1n) is 12.6. The topological polar surface area (TPSA) is 55.3 Å². The van der Waals surface area contributed by atoms with Crippen LogP contribution in [-0.2, 0) is 13.0 Å². The largest absolute Gasteiger partial charge is 0.460 e. The van der Waals surface area contributed by atoms with Crippen LogP contribution in [0.4, 0.5) is 13.2 Å². The van der Waals surface area contributed by atoms with Gasteiger partial charge in [0.05, 0.1) is 11.2 Å². The van der Waals surface area contributed by atoms with E-state index < -0.39 is 12.8 Å². The van der Waals surface area contributed by atoms with Crippen molar-refractivity contribution in [3.63, 3.8) is 0 Å². The van der Waals surface area contributed by atoms with E-state index in [-0.39, 0.29) is 11.0 Å². The second-order valence-electron chi connectivity index (χ2n) is 9.96. The van der Waals surface area contributed by atoms with Gasteiger partial charge in [0.1, 0.15) is 0 Å². The fraction of sp³-hybridized carbons (Fsp3) is 0.519. The minimum Gasteiger partial charge on any atom is -0.460 e. The van der Waals surface area contributed by atoms with Gasteiger partial charge in [-0.1, -0.05) is 42.4 Å². The Kier molecular flexibility index (Phi) is 7.57. The predicted molar refractivity (Wildman–Crippen MR) is 133 cm³/mol. The van der Waals surface area contributed by atoms with Gasteiger partial charge in [-0.15, -0.1) is 0 Å². The number of carbonyl (C=O) groups excluding carboxylic acids is 1. The van der Waals surface area contributed by atoms with Crippen LogP contribution in [0, 0.1) is 11.8 Å². The summed E-state index contributed by atoms with van der Waals surface area (Å²) in [6.07, 6.45) is 4.34. The van der Waals surface area contributed by atoms with E-state index in [0.29, 0.717) is 24.8 Å². The van der Waals surface area contributed by atoms with Crippen molar-refractivity contribution in [1.82, 2.24) is 14.9 Å². The lowest BCUT2D eigenvalue weighted by Crippen LogP contribution is -2.32. The zero-order valence-corrected chi connectivity index (χ0v) is 20.9. The molecule has 0 radical (unpaired) electrons. The van der Waals surface area contributed by atoms with Crippen LogP contribution in [0.25, 0.3) is 10.9 Å². The molecule has 0 amide bonds. The van der Waals surface area contributed by atoms with E-state index in [0.717, 1.165) is 78.7 Å². The van der Waals surface area contributed by atoms with Crippen LogP contribution in [0.3, 0.4) is 0 Å². The second-order valence-corrected chi connectivity index (χ2v) is 11.0. The highest BCUT2D eigenvalue weighted by Crippen LogP contribution is 2.35. The van der Waals surface area contributed by atoms with Crippen LogP contribution in [0.5, 0.6) is 5.19 Å². The SMILES string of the molecule is O=C(CC1CCC(CCN2CCc3sc(OCC(F)(F)F)nc3C2)CC1)c1cccc2ncccc12. The molecule has 2 aromatic heterocycles.